The monoisotopic (exact) mass is 282 g/mol. The standard InChI is InChI=1S/C13H18N2O5/c1-8(16)5-6-15(2)13(20)14-9-3-4-10(12(18)19)11(17)7-9/h3-4,7-8,16-17H,5-6H2,1-2H3,(H,14,20)(H,18,19). The predicted molar refractivity (Wildman–Crippen MR) is 73.0 cm³/mol. The molecule has 0 heterocycles. The zero-order valence-electron chi connectivity index (χ0n) is 11.3. The molecule has 0 saturated heterocycles. The van der Waals surface area contributed by atoms with Crippen molar-refractivity contribution in [3.8, 4) is 5.75 Å². The third-order valence-corrected chi connectivity index (χ3v) is 2.71. The van der Waals surface area contributed by atoms with Crippen molar-refractivity contribution >= 4 is 17.7 Å². The maximum Gasteiger partial charge on any atom is 0.339 e. The Labute approximate surface area is 116 Å². The molecule has 0 spiro atoms. The quantitative estimate of drug-likeness (QED) is 0.651. The summed E-state index contributed by atoms with van der Waals surface area (Å²) in [5.74, 6) is -1.66. The Balaban J connectivity index is 2.66. The van der Waals surface area contributed by atoms with Crippen molar-refractivity contribution in [1.82, 2.24) is 4.90 Å². The van der Waals surface area contributed by atoms with Crippen LogP contribution in [0.4, 0.5) is 10.5 Å². The van der Waals surface area contributed by atoms with Crippen LogP contribution in [0.15, 0.2) is 18.2 Å². The number of phenols is 1. The molecular weight excluding hydrogens is 264 g/mol. The molecule has 0 radical (unpaired) electrons. The minimum absolute atomic E-state index is 0.231. The Hall–Kier alpha value is -2.28. The van der Waals surface area contributed by atoms with E-state index in [9.17, 15) is 14.7 Å². The highest BCUT2D eigenvalue weighted by molar-refractivity contribution is 5.93. The van der Waals surface area contributed by atoms with Crippen LogP contribution in [0.1, 0.15) is 23.7 Å². The van der Waals surface area contributed by atoms with Crippen LogP contribution < -0.4 is 5.32 Å². The topological polar surface area (TPSA) is 110 Å². The first-order chi connectivity index (χ1) is 9.31. The van der Waals surface area contributed by atoms with E-state index in [-0.39, 0.29) is 5.56 Å². The predicted octanol–water partition coefficient (Wildman–Crippen LogP) is 1.33. The first kappa shape index (κ1) is 15.8. The molecule has 7 nitrogen and oxygen atoms in total. The molecule has 1 aromatic rings. The molecule has 1 aromatic carbocycles. The third-order valence-electron chi connectivity index (χ3n) is 2.71. The fourth-order valence-corrected chi connectivity index (χ4v) is 1.49. The van der Waals surface area contributed by atoms with Gasteiger partial charge in [-0.05, 0) is 25.5 Å². The second-order valence-corrected chi connectivity index (χ2v) is 4.53. The highest BCUT2D eigenvalue weighted by Crippen LogP contribution is 2.22. The normalized spacial score (nSPS) is 11.8. The van der Waals surface area contributed by atoms with Crippen molar-refractivity contribution in [2.24, 2.45) is 0 Å². The fourth-order valence-electron chi connectivity index (χ4n) is 1.49. The highest BCUT2D eigenvalue weighted by atomic mass is 16.4. The number of carboxylic acids is 1. The molecule has 1 atom stereocenters. The van der Waals surface area contributed by atoms with Gasteiger partial charge in [-0.3, -0.25) is 0 Å². The molecule has 0 fully saturated rings. The van der Waals surface area contributed by atoms with Crippen LogP contribution in [0.5, 0.6) is 5.75 Å². The summed E-state index contributed by atoms with van der Waals surface area (Å²) < 4.78 is 0. The summed E-state index contributed by atoms with van der Waals surface area (Å²) >= 11 is 0. The van der Waals surface area contributed by atoms with Gasteiger partial charge in [-0.15, -0.1) is 0 Å². The van der Waals surface area contributed by atoms with Crippen molar-refractivity contribution in [3.63, 3.8) is 0 Å². The van der Waals surface area contributed by atoms with E-state index in [0.717, 1.165) is 0 Å². The number of carbonyl (C=O) groups is 2. The van der Waals surface area contributed by atoms with Crippen molar-refractivity contribution in [3.05, 3.63) is 23.8 Å². The number of anilines is 1. The van der Waals surface area contributed by atoms with E-state index < -0.39 is 23.9 Å². The number of hydrogen-bond acceptors (Lipinski definition) is 4. The van der Waals surface area contributed by atoms with Crippen LogP contribution in [-0.4, -0.2) is 51.9 Å². The number of urea groups is 1. The second kappa shape index (κ2) is 6.76. The molecule has 4 N–H and O–H groups in total. The number of amides is 2. The van der Waals surface area contributed by atoms with Crippen molar-refractivity contribution < 1.29 is 24.9 Å². The van der Waals surface area contributed by atoms with Gasteiger partial charge in [-0.2, -0.15) is 0 Å². The first-order valence-corrected chi connectivity index (χ1v) is 6.07. The average molecular weight is 282 g/mol. The van der Waals surface area contributed by atoms with Gasteiger partial charge in [0.2, 0.25) is 0 Å². The molecule has 110 valence electrons. The van der Waals surface area contributed by atoms with E-state index in [0.29, 0.717) is 18.7 Å². The summed E-state index contributed by atoms with van der Waals surface area (Å²) in [5, 5.41) is 29.9. The highest BCUT2D eigenvalue weighted by Gasteiger charge is 2.13. The summed E-state index contributed by atoms with van der Waals surface area (Å²) in [5.41, 5.74) is 0.0619. The van der Waals surface area contributed by atoms with Gasteiger partial charge in [-0.25, -0.2) is 9.59 Å². The minimum atomic E-state index is -1.24. The Bertz CT molecular complexity index is 502. The van der Waals surface area contributed by atoms with E-state index >= 15 is 0 Å². The zero-order valence-corrected chi connectivity index (χ0v) is 11.3. The van der Waals surface area contributed by atoms with E-state index in [1.54, 1.807) is 14.0 Å². The Kier molecular flexibility index (Phi) is 5.33. The molecule has 0 aliphatic heterocycles. The molecule has 0 aliphatic carbocycles. The van der Waals surface area contributed by atoms with E-state index in [4.69, 9.17) is 10.2 Å². The van der Waals surface area contributed by atoms with E-state index in [1.807, 2.05) is 0 Å². The molecule has 0 saturated carbocycles. The lowest BCUT2D eigenvalue weighted by atomic mass is 10.2. The SMILES string of the molecule is CC(O)CCN(C)C(=O)Nc1ccc(C(=O)O)c(O)c1. The molecule has 20 heavy (non-hydrogen) atoms. The smallest absolute Gasteiger partial charge is 0.339 e. The number of aliphatic hydroxyl groups is 1. The van der Waals surface area contributed by atoms with Gasteiger partial charge in [0.05, 0.1) is 6.10 Å². The van der Waals surface area contributed by atoms with Gasteiger partial charge in [0, 0.05) is 25.3 Å². The van der Waals surface area contributed by atoms with Gasteiger partial charge in [0.25, 0.3) is 0 Å². The molecule has 1 unspecified atom stereocenters. The number of aromatic carboxylic acids is 1. The first-order valence-electron chi connectivity index (χ1n) is 6.07. The Morgan fingerprint density at radius 3 is 2.55 bits per heavy atom. The van der Waals surface area contributed by atoms with Crippen LogP contribution in [0.3, 0.4) is 0 Å². The largest absolute Gasteiger partial charge is 0.507 e. The number of aromatic hydroxyl groups is 1. The maximum atomic E-state index is 11.8. The molecule has 1 rings (SSSR count). The minimum Gasteiger partial charge on any atom is -0.507 e. The van der Waals surface area contributed by atoms with Crippen LogP contribution in [0, 0.1) is 0 Å². The number of carbonyl (C=O) groups excluding carboxylic acids is 1. The van der Waals surface area contributed by atoms with Crippen molar-refractivity contribution in [1.29, 1.82) is 0 Å². The number of benzene rings is 1. The number of nitrogens with one attached hydrogen (secondary N) is 1. The summed E-state index contributed by atoms with van der Waals surface area (Å²) in [6.45, 7) is 2.01. The summed E-state index contributed by atoms with van der Waals surface area (Å²) in [6, 6.07) is 3.37. The second-order valence-electron chi connectivity index (χ2n) is 4.53. The van der Waals surface area contributed by atoms with Gasteiger partial charge in [0.1, 0.15) is 11.3 Å². The fraction of sp³-hybridized carbons (Fsp3) is 0.385. The number of hydrogen-bond donors (Lipinski definition) is 4. The summed E-state index contributed by atoms with van der Waals surface area (Å²) in [7, 11) is 1.57. The Morgan fingerprint density at radius 1 is 1.40 bits per heavy atom. The van der Waals surface area contributed by atoms with E-state index in [2.05, 4.69) is 5.32 Å². The van der Waals surface area contributed by atoms with Gasteiger partial charge < -0.3 is 25.5 Å². The lowest BCUT2D eigenvalue weighted by molar-refractivity contribution is 0.0693. The lowest BCUT2D eigenvalue weighted by Crippen LogP contribution is -2.33. The zero-order chi connectivity index (χ0) is 15.3. The average Bonchev–Trinajstić information content (AvgIpc) is 2.35. The van der Waals surface area contributed by atoms with Gasteiger partial charge in [0.15, 0.2) is 0 Å². The van der Waals surface area contributed by atoms with Crippen molar-refractivity contribution in [2.75, 3.05) is 18.9 Å². The maximum absolute atomic E-state index is 11.8. The summed E-state index contributed by atoms with van der Waals surface area (Å²) in [6.07, 6.45) is -0.0447. The summed E-state index contributed by atoms with van der Waals surface area (Å²) in [4.78, 5) is 23.9. The molecule has 0 aromatic heterocycles. The van der Waals surface area contributed by atoms with Crippen molar-refractivity contribution in [2.45, 2.75) is 19.4 Å². The van der Waals surface area contributed by atoms with Crippen LogP contribution in [0.25, 0.3) is 0 Å². The number of rotatable bonds is 5. The van der Waals surface area contributed by atoms with Crippen LogP contribution >= 0.6 is 0 Å². The van der Waals surface area contributed by atoms with Crippen LogP contribution in [0.2, 0.25) is 0 Å². The Morgan fingerprint density at radius 2 is 2.05 bits per heavy atom. The van der Waals surface area contributed by atoms with Crippen LogP contribution in [-0.2, 0) is 0 Å². The molecule has 0 bridgehead atoms. The molecule has 7 heteroatoms. The molecule has 0 aliphatic rings. The number of carboxylic acid groups (broad SMARTS) is 1. The molecular formula is C13H18N2O5. The third kappa shape index (κ3) is 4.43. The van der Waals surface area contributed by atoms with Gasteiger partial charge in [-0.1, -0.05) is 0 Å². The van der Waals surface area contributed by atoms with E-state index in [1.165, 1.54) is 23.1 Å². The van der Waals surface area contributed by atoms with Gasteiger partial charge >= 0.3 is 12.0 Å². The number of nitrogens with zero attached hydrogens (tertiary/aromatic N) is 1. The lowest BCUT2D eigenvalue weighted by Gasteiger charge is -2.18. The number of aliphatic hydroxyl groups excluding tert-OH is 1. The molecule has 2 amide bonds.